The van der Waals surface area contributed by atoms with Crippen LogP contribution in [0.5, 0.6) is 0 Å². The molecule has 2 fully saturated rings. The number of hydrogen-bond donors (Lipinski definition) is 1. The van der Waals surface area contributed by atoms with Crippen LogP contribution in [0.4, 0.5) is 4.79 Å². The van der Waals surface area contributed by atoms with Gasteiger partial charge in [-0.3, -0.25) is 14.7 Å². The zero-order chi connectivity index (χ0) is 21.0. The van der Waals surface area contributed by atoms with E-state index in [2.05, 4.69) is 16.4 Å². The van der Waals surface area contributed by atoms with E-state index in [1.165, 1.54) is 4.90 Å². The van der Waals surface area contributed by atoms with Gasteiger partial charge in [0.05, 0.1) is 6.07 Å². The summed E-state index contributed by atoms with van der Waals surface area (Å²) in [5.74, 6) is -0.161. The van der Waals surface area contributed by atoms with Crippen LogP contribution < -0.4 is 5.32 Å². The quantitative estimate of drug-likeness (QED) is 0.832. The van der Waals surface area contributed by atoms with Crippen molar-refractivity contribution in [2.24, 2.45) is 0 Å². The van der Waals surface area contributed by atoms with E-state index in [-0.39, 0.29) is 11.9 Å². The standard InChI is InChI=1S/C21H29N5O3/c1-21(2,3)29-20(28)26-14-16(24-13-15-6-4-8-23-12-15)10-18(26)19(27)25-9-5-7-17(25)11-22/h4,6,8,12,16-18,24H,5,7,9-10,13-14H2,1-3H3/t16-,17-,18-/m0/s1. The van der Waals surface area contributed by atoms with Gasteiger partial charge in [0.2, 0.25) is 5.91 Å². The van der Waals surface area contributed by atoms with Crippen LogP contribution in [0.15, 0.2) is 24.5 Å². The van der Waals surface area contributed by atoms with Gasteiger partial charge in [-0.05, 0) is 51.7 Å². The molecule has 0 radical (unpaired) electrons. The number of amides is 2. The van der Waals surface area contributed by atoms with Gasteiger partial charge in [-0.1, -0.05) is 6.07 Å². The molecular formula is C21H29N5O3. The number of carbonyl (C=O) groups excluding carboxylic acids is 2. The average Bonchev–Trinajstić information content (AvgIpc) is 3.32. The minimum atomic E-state index is -0.644. The Morgan fingerprint density at radius 2 is 2.17 bits per heavy atom. The molecule has 2 amide bonds. The third-order valence-corrected chi connectivity index (χ3v) is 5.22. The Morgan fingerprint density at radius 1 is 1.38 bits per heavy atom. The highest BCUT2D eigenvalue weighted by molar-refractivity contribution is 5.87. The van der Waals surface area contributed by atoms with E-state index in [0.29, 0.717) is 32.5 Å². The van der Waals surface area contributed by atoms with E-state index in [4.69, 9.17) is 4.74 Å². The molecule has 29 heavy (non-hydrogen) atoms. The van der Waals surface area contributed by atoms with Crippen molar-refractivity contribution in [1.29, 1.82) is 5.26 Å². The smallest absolute Gasteiger partial charge is 0.411 e. The summed E-state index contributed by atoms with van der Waals surface area (Å²) in [6.07, 6.45) is 5.01. The number of nitriles is 1. The first-order chi connectivity index (χ1) is 13.8. The highest BCUT2D eigenvalue weighted by atomic mass is 16.6. The van der Waals surface area contributed by atoms with Crippen LogP contribution in [0, 0.1) is 11.3 Å². The molecule has 3 heterocycles. The van der Waals surface area contributed by atoms with E-state index in [1.54, 1.807) is 17.3 Å². The predicted molar refractivity (Wildman–Crippen MR) is 107 cm³/mol. The van der Waals surface area contributed by atoms with Gasteiger partial charge in [-0.15, -0.1) is 0 Å². The van der Waals surface area contributed by atoms with Gasteiger partial charge >= 0.3 is 6.09 Å². The summed E-state index contributed by atoms with van der Waals surface area (Å²) in [5, 5.41) is 12.8. The van der Waals surface area contributed by atoms with Crippen molar-refractivity contribution >= 4 is 12.0 Å². The highest BCUT2D eigenvalue weighted by Crippen LogP contribution is 2.26. The number of nitrogens with one attached hydrogen (secondary N) is 1. The lowest BCUT2D eigenvalue weighted by Crippen LogP contribution is -2.50. The van der Waals surface area contributed by atoms with Crippen molar-refractivity contribution in [1.82, 2.24) is 20.1 Å². The summed E-state index contributed by atoms with van der Waals surface area (Å²) in [6, 6.07) is 4.99. The van der Waals surface area contributed by atoms with Crippen LogP contribution in [0.1, 0.15) is 45.6 Å². The average molecular weight is 399 g/mol. The third kappa shape index (κ3) is 5.24. The van der Waals surface area contributed by atoms with Gasteiger partial charge in [0.25, 0.3) is 0 Å². The topological polar surface area (TPSA) is 98.6 Å². The molecule has 1 aromatic rings. The minimum Gasteiger partial charge on any atom is -0.444 e. The van der Waals surface area contributed by atoms with Crippen LogP contribution in [0.2, 0.25) is 0 Å². The monoisotopic (exact) mass is 399 g/mol. The van der Waals surface area contributed by atoms with Crippen molar-refractivity contribution in [3.8, 4) is 6.07 Å². The van der Waals surface area contributed by atoms with Crippen molar-refractivity contribution in [3.05, 3.63) is 30.1 Å². The van der Waals surface area contributed by atoms with Gasteiger partial charge in [0, 0.05) is 38.1 Å². The molecule has 8 heteroatoms. The molecule has 0 spiro atoms. The van der Waals surface area contributed by atoms with Gasteiger partial charge < -0.3 is 15.0 Å². The molecule has 2 aliphatic heterocycles. The molecule has 0 bridgehead atoms. The fourth-order valence-corrected chi connectivity index (χ4v) is 3.86. The zero-order valence-corrected chi connectivity index (χ0v) is 17.3. The van der Waals surface area contributed by atoms with Crippen LogP contribution in [-0.4, -0.2) is 63.6 Å². The summed E-state index contributed by atoms with van der Waals surface area (Å²) in [4.78, 5) is 33.2. The van der Waals surface area contributed by atoms with Crippen molar-refractivity contribution in [2.45, 2.75) is 70.3 Å². The molecule has 0 saturated carbocycles. The van der Waals surface area contributed by atoms with E-state index in [1.807, 2.05) is 32.9 Å². The highest BCUT2D eigenvalue weighted by Gasteiger charge is 2.44. The van der Waals surface area contributed by atoms with Gasteiger partial charge in [0.15, 0.2) is 0 Å². The Hall–Kier alpha value is -2.66. The number of pyridine rings is 1. The van der Waals surface area contributed by atoms with Crippen LogP contribution in [0.25, 0.3) is 0 Å². The minimum absolute atomic E-state index is 0.0418. The lowest BCUT2D eigenvalue weighted by Gasteiger charge is -2.30. The van der Waals surface area contributed by atoms with E-state index >= 15 is 0 Å². The maximum Gasteiger partial charge on any atom is 0.411 e. The molecule has 2 aliphatic rings. The van der Waals surface area contributed by atoms with E-state index < -0.39 is 23.8 Å². The Balaban J connectivity index is 1.72. The Morgan fingerprint density at radius 3 is 2.83 bits per heavy atom. The number of likely N-dealkylation sites (tertiary alicyclic amines) is 2. The molecule has 156 valence electrons. The van der Waals surface area contributed by atoms with Crippen LogP contribution in [0.3, 0.4) is 0 Å². The third-order valence-electron chi connectivity index (χ3n) is 5.22. The second-order valence-corrected chi connectivity index (χ2v) is 8.64. The second kappa shape index (κ2) is 8.78. The van der Waals surface area contributed by atoms with Crippen molar-refractivity contribution in [2.75, 3.05) is 13.1 Å². The summed E-state index contributed by atoms with van der Waals surface area (Å²) in [6.45, 7) is 6.97. The Kier molecular flexibility index (Phi) is 6.38. The number of ether oxygens (including phenoxy) is 1. The summed E-state index contributed by atoms with van der Waals surface area (Å²) >= 11 is 0. The van der Waals surface area contributed by atoms with Gasteiger partial charge in [0.1, 0.15) is 17.7 Å². The van der Waals surface area contributed by atoms with Gasteiger partial charge in [-0.25, -0.2) is 4.79 Å². The lowest BCUT2D eigenvalue weighted by atomic mass is 10.1. The van der Waals surface area contributed by atoms with Crippen LogP contribution >= 0.6 is 0 Å². The first-order valence-corrected chi connectivity index (χ1v) is 10.1. The number of hydrogen-bond acceptors (Lipinski definition) is 6. The molecule has 1 aromatic heterocycles. The Bertz CT molecular complexity index is 771. The lowest BCUT2D eigenvalue weighted by molar-refractivity contribution is -0.135. The predicted octanol–water partition coefficient (Wildman–Crippen LogP) is 2.06. The largest absolute Gasteiger partial charge is 0.444 e. The van der Waals surface area contributed by atoms with Gasteiger partial charge in [-0.2, -0.15) is 5.26 Å². The fourth-order valence-electron chi connectivity index (χ4n) is 3.86. The molecule has 2 saturated heterocycles. The first kappa shape index (κ1) is 21.1. The van der Waals surface area contributed by atoms with Crippen molar-refractivity contribution in [3.63, 3.8) is 0 Å². The van der Waals surface area contributed by atoms with Crippen molar-refractivity contribution < 1.29 is 14.3 Å². The maximum absolute atomic E-state index is 13.2. The molecule has 0 aliphatic carbocycles. The summed E-state index contributed by atoms with van der Waals surface area (Å²) < 4.78 is 5.54. The molecule has 8 nitrogen and oxygen atoms in total. The SMILES string of the molecule is CC(C)(C)OC(=O)N1C[C@@H](NCc2cccnc2)C[C@H]1C(=O)N1CCC[C@H]1C#N. The molecule has 0 unspecified atom stereocenters. The molecular weight excluding hydrogens is 370 g/mol. The first-order valence-electron chi connectivity index (χ1n) is 10.1. The summed E-state index contributed by atoms with van der Waals surface area (Å²) in [5.41, 5.74) is 0.393. The Labute approximate surface area is 171 Å². The number of aromatic nitrogens is 1. The molecule has 1 N–H and O–H groups in total. The van der Waals surface area contributed by atoms with Crippen LogP contribution in [-0.2, 0) is 16.1 Å². The second-order valence-electron chi connectivity index (χ2n) is 8.64. The van der Waals surface area contributed by atoms with E-state index in [9.17, 15) is 14.9 Å². The molecule has 0 aromatic carbocycles. The summed E-state index contributed by atoms with van der Waals surface area (Å²) in [7, 11) is 0. The molecule has 3 rings (SSSR count). The fraction of sp³-hybridized carbons (Fsp3) is 0.619. The maximum atomic E-state index is 13.2. The number of rotatable bonds is 4. The normalized spacial score (nSPS) is 24.4. The van der Waals surface area contributed by atoms with E-state index in [0.717, 1.165) is 12.0 Å². The number of carbonyl (C=O) groups is 2. The molecule has 3 atom stereocenters. The number of nitrogens with zero attached hydrogens (tertiary/aromatic N) is 4. The zero-order valence-electron chi connectivity index (χ0n) is 17.3.